The first-order chi connectivity index (χ1) is 11.3. The molecule has 0 aliphatic heterocycles. The number of carbonyl (C=O) groups excluding carboxylic acids is 1. The van der Waals surface area contributed by atoms with Crippen LogP contribution in [0.3, 0.4) is 0 Å². The van der Waals surface area contributed by atoms with Crippen molar-refractivity contribution < 1.29 is 4.79 Å². The summed E-state index contributed by atoms with van der Waals surface area (Å²) in [6.45, 7) is 2.24. The van der Waals surface area contributed by atoms with Crippen molar-refractivity contribution in [1.82, 2.24) is 0 Å². The summed E-state index contributed by atoms with van der Waals surface area (Å²) in [5, 5.41) is 0. The van der Waals surface area contributed by atoms with Gasteiger partial charge < -0.3 is 0 Å². The second kappa shape index (κ2) is 9.99. The third-order valence-electron chi connectivity index (χ3n) is 4.32. The van der Waals surface area contributed by atoms with Crippen LogP contribution in [0.1, 0.15) is 68.6 Å². The lowest BCUT2D eigenvalue weighted by atomic mass is 9.94. The zero-order chi connectivity index (χ0) is 16.3. The summed E-state index contributed by atoms with van der Waals surface area (Å²) in [6.07, 6.45) is 9.37. The molecular formula is C22H28O. The van der Waals surface area contributed by atoms with Gasteiger partial charge in [-0.3, -0.25) is 4.79 Å². The fraction of sp³-hybridized carbons (Fsp3) is 0.409. The van der Waals surface area contributed by atoms with Crippen molar-refractivity contribution >= 4 is 5.78 Å². The van der Waals surface area contributed by atoms with E-state index in [-0.39, 0.29) is 5.78 Å². The number of Topliss-reactive ketones (excluding diaryl/α,β-unsaturated/α-hetero) is 1. The van der Waals surface area contributed by atoms with Gasteiger partial charge in [-0.2, -0.15) is 0 Å². The Bertz CT molecular complexity index is 586. The van der Waals surface area contributed by atoms with Gasteiger partial charge in [0.05, 0.1) is 0 Å². The predicted octanol–water partition coefficient (Wildman–Crippen LogP) is 6.68. The Morgan fingerprint density at radius 2 is 1.35 bits per heavy atom. The molecule has 2 rings (SSSR count). The third kappa shape index (κ3) is 5.67. The Kier molecular flexibility index (Phi) is 7.59. The highest BCUT2D eigenvalue weighted by atomic mass is 16.1. The molecule has 1 heteroatoms. The van der Waals surface area contributed by atoms with Crippen molar-refractivity contribution in [3.8, 4) is 11.1 Å². The first kappa shape index (κ1) is 17.5. The minimum Gasteiger partial charge on any atom is -0.294 e. The smallest absolute Gasteiger partial charge is 0.163 e. The van der Waals surface area contributed by atoms with Gasteiger partial charge in [0.25, 0.3) is 0 Å². The fourth-order valence-electron chi connectivity index (χ4n) is 2.97. The molecule has 2 aromatic rings. The minimum atomic E-state index is 0.276. The van der Waals surface area contributed by atoms with Crippen LogP contribution in [0.25, 0.3) is 11.1 Å². The quantitative estimate of drug-likeness (QED) is 0.353. The summed E-state index contributed by atoms with van der Waals surface area (Å²) < 4.78 is 0. The molecule has 1 nitrogen and oxygen atoms in total. The van der Waals surface area contributed by atoms with Crippen LogP contribution in [0.4, 0.5) is 0 Å². The molecule has 23 heavy (non-hydrogen) atoms. The van der Waals surface area contributed by atoms with Crippen LogP contribution in [-0.2, 0) is 0 Å². The summed E-state index contributed by atoms with van der Waals surface area (Å²) in [4.78, 5) is 12.6. The van der Waals surface area contributed by atoms with Crippen LogP contribution >= 0.6 is 0 Å². The van der Waals surface area contributed by atoms with E-state index in [4.69, 9.17) is 0 Å². The molecule has 0 unspecified atom stereocenters. The molecule has 0 heterocycles. The van der Waals surface area contributed by atoms with Crippen molar-refractivity contribution in [3.63, 3.8) is 0 Å². The molecule has 2 aromatic carbocycles. The Hall–Kier alpha value is -1.89. The number of benzene rings is 2. The van der Waals surface area contributed by atoms with Gasteiger partial charge in [-0.05, 0) is 17.5 Å². The average Bonchev–Trinajstić information content (AvgIpc) is 2.61. The lowest BCUT2D eigenvalue weighted by Crippen LogP contribution is -2.01. The maximum atomic E-state index is 12.6. The van der Waals surface area contributed by atoms with Crippen molar-refractivity contribution in [1.29, 1.82) is 0 Å². The molecule has 0 aliphatic rings. The number of unbranched alkanes of at least 4 members (excludes halogenated alkanes) is 6. The molecular weight excluding hydrogens is 280 g/mol. The van der Waals surface area contributed by atoms with Crippen molar-refractivity contribution in [3.05, 3.63) is 60.2 Å². The Balaban J connectivity index is 1.88. The van der Waals surface area contributed by atoms with Gasteiger partial charge in [0.15, 0.2) is 5.78 Å². The van der Waals surface area contributed by atoms with E-state index in [0.717, 1.165) is 23.1 Å². The van der Waals surface area contributed by atoms with Crippen LogP contribution < -0.4 is 0 Å². The van der Waals surface area contributed by atoms with Gasteiger partial charge in [-0.1, -0.05) is 100 Å². The molecule has 0 spiro atoms. The summed E-state index contributed by atoms with van der Waals surface area (Å²) in [7, 11) is 0. The van der Waals surface area contributed by atoms with Crippen LogP contribution in [0.2, 0.25) is 0 Å². The molecule has 0 N–H and O–H groups in total. The van der Waals surface area contributed by atoms with E-state index in [1.54, 1.807) is 0 Å². The largest absolute Gasteiger partial charge is 0.294 e. The molecule has 0 fully saturated rings. The first-order valence-electron chi connectivity index (χ1n) is 9.00. The minimum absolute atomic E-state index is 0.276. The monoisotopic (exact) mass is 308 g/mol. The SMILES string of the molecule is CCCCCCCCCC(=O)c1ccccc1-c1ccccc1. The molecule has 0 saturated carbocycles. The van der Waals surface area contributed by atoms with E-state index in [0.29, 0.717) is 6.42 Å². The highest BCUT2D eigenvalue weighted by Crippen LogP contribution is 2.25. The molecule has 0 amide bonds. The lowest BCUT2D eigenvalue weighted by Gasteiger charge is -2.09. The molecule has 0 aliphatic carbocycles. The third-order valence-corrected chi connectivity index (χ3v) is 4.32. The van der Waals surface area contributed by atoms with Crippen molar-refractivity contribution in [2.24, 2.45) is 0 Å². The zero-order valence-corrected chi connectivity index (χ0v) is 14.3. The van der Waals surface area contributed by atoms with E-state index in [1.165, 1.54) is 38.5 Å². The number of ketones is 1. The molecule has 0 aromatic heterocycles. The van der Waals surface area contributed by atoms with Gasteiger partial charge in [0.1, 0.15) is 0 Å². The average molecular weight is 308 g/mol. The maximum Gasteiger partial charge on any atom is 0.163 e. The van der Waals surface area contributed by atoms with E-state index < -0.39 is 0 Å². The lowest BCUT2D eigenvalue weighted by molar-refractivity contribution is 0.0979. The normalized spacial score (nSPS) is 10.7. The van der Waals surface area contributed by atoms with E-state index in [2.05, 4.69) is 19.1 Å². The van der Waals surface area contributed by atoms with Gasteiger partial charge in [-0.25, -0.2) is 0 Å². The van der Waals surface area contributed by atoms with Gasteiger partial charge >= 0.3 is 0 Å². The second-order valence-electron chi connectivity index (χ2n) is 6.21. The summed E-state index contributed by atoms with van der Waals surface area (Å²) in [6, 6.07) is 18.2. The summed E-state index contributed by atoms with van der Waals surface area (Å²) in [5.41, 5.74) is 3.04. The second-order valence-corrected chi connectivity index (χ2v) is 6.21. The van der Waals surface area contributed by atoms with Gasteiger partial charge in [0.2, 0.25) is 0 Å². The van der Waals surface area contributed by atoms with Crippen LogP contribution in [0.5, 0.6) is 0 Å². The predicted molar refractivity (Wildman–Crippen MR) is 98.8 cm³/mol. The first-order valence-corrected chi connectivity index (χ1v) is 9.00. The summed E-state index contributed by atoms with van der Waals surface area (Å²) in [5.74, 6) is 0.276. The highest BCUT2D eigenvalue weighted by molar-refractivity contribution is 6.02. The zero-order valence-electron chi connectivity index (χ0n) is 14.3. The topological polar surface area (TPSA) is 17.1 Å². The van der Waals surface area contributed by atoms with E-state index >= 15 is 0 Å². The summed E-state index contributed by atoms with van der Waals surface area (Å²) >= 11 is 0. The van der Waals surface area contributed by atoms with Crippen molar-refractivity contribution in [2.45, 2.75) is 58.3 Å². The standard InChI is InChI=1S/C22H28O/c1-2-3-4-5-6-7-11-18-22(23)21-17-13-12-16-20(21)19-14-9-8-10-15-19/h8-10,12-17H,2-7,11,18H2,1H3. The van der Waals surface area contributed by atoms with Crippen LogP contribution in [-0.4, -0.2) is 5.78 Å². The van der Waals surface area contributed by atoms with E-state index in [1.807, 2.05) is 42.5 Å². The number of hydrogen-bond acceptors (Lipinski definition) is 1. The number of hydrogen-bond donors (Lipinski definition) is 0. The van der Waals surface area contributed by atoms with E-state index in [9.17, 15) is 4.79 Å². The Morgan fingerprint density at radius 3 is 2.09 bits per heavy atom. The van der Waals surface area contributed by atoms with Gasteiger partial charge in [-0.15, -0.1) is 0 Å². The molecule has 0 atom stereocenters. The molecule has 0 saturated heterocycles. The maximum absolute atomic E-state index is 12.6. The molecule has 0 radical (unpaired) electrons. The number of carbonyl (C=O) groups is 1. The molecule has 0 bridgehead atoms. The fourth-order valence-corrected chi connectivity index (χ4v) is 2.97. The number of rotatable bonds is 10. The Labute approximate surface area is 140 Å². The Morgan fingerprint density at radius 1 is 0.739 bits per heavy atom. The van der Waals surface area contributed by atoms with Gasteiger partial charge in [0, 0.05) is 12.0 Å². The van der Waals surface area contributed by atoms with Crippen molar-refractivity contribution in [2.75, 3.05) is 0 Å². The molecule has 122 valence electrons. The van der Waals surface area contributed by atoms with Crippen LogP contribution in [0.15, 0.2) is 54.6 Å². The van der Waals surface area contributed by atoms with Crippen LogP contribution in [0, 0.1) is 0 Å². The highest BCUT2D eigenvalue weighted by Gasteiger charge is 2.11.